The van der Waals surface area contributed by atoms with Crippen LogP contribution in [0.2, 0.25) is 0 Å². The first-order valence-corrected chi connectivity index (χ1v) is 20.1. The number of hydrogen-bond donors (Lipinski definition) is 3. The number of nitrogens with one attached hydrogen (secondary N) is 3. The Morgan fingerprint density at radius 1 is 1.19 bits per heavy atom. The topological polar surface area (TPSA) is 195 Å². The summed E-state index contributed by atoms with van der Waals surface area (Å²) < 4.78 is 79.2. The van der Waals surface area contributed by atoms with Crippen molar-refractivity contribution < 1.29 is 40.6 Å². The van der Waals surface area contributed by atoms with E-state index in [9.17, 15) is 26.4 Å². The smallest absolute Gasteiger partial charge is 0.306 e. The molecule has 2 aliphatic rings. The Bertz CT molecular complexity index is 1600. The van der Waals surface area contributed by atoms with Crippen LogP contribution in [0.25, 0.3) is 0 Å². The fourth-order valence-corrected chi connectivity index (χ4v) is 10.6. The van der Waals surface area contributed by atoms with Crippen LogP contribution in [-0.2, 0) is 38.9 Å². The van der Waals surface area contributed by atoms with Crippen LogP contribution in [0.3, 0.4) is 0 Å². The minimum absolute atomic E-state index is 0.000569. The van der Waals surface area contributed by atoms with Gasteiger partial charge in [-0.2, -0.15) is 4.37 Å². The van der Waals surface area contributed by atoms with Crippen molar-refractivity contribution in [2.45, 2.75) is 91.7 Å². The fourth-order valence-electron chi connectivity index (χ4n) is 5.02. The summed E-state index contributed by atoms with van der Waals surface area (Å²) in [5, 5.41) is 5.83. The molecular formula is C28H44N6O9S4. The van der Waals surface area contributed by atoms with Crippen molar-refractivity contribution in [2.24, 2.45) is 0 Å². The number of sulfone groups is 1. The van der Waals surface area contributed by atoms with Gasteiger partial charge < -0.3 is 29.7 Å². The summed E-state index contributed by atoms with van der Waals surface area (Å²) >= 11 is 1.67. The van der Waals surface area contributed by atoms with Gasteiger partial charge in [0.05, 0.1) is 30.2 Å². The van der Waals surface area contributed by atoms with E-state index < -0.39 is 43.1 Å². The number of anilines is 1. The number of carbonyl (C=O) groups is 2. The highest BCUT2D eigenvalue weighted by Crippen LogP contribution is 2.42. The lowest BCUT2D eigenvalue weighted by atomic mass is 10.1. The first-order chi connectivity index (χ1) is 22.1. The van der Waals surface area contributed by atoms with Crippen molar-refractivity contribution in [2.75, 3.05) is 50.9 Å². The summed E-state index contributed by atoms with van der Waals surface area (Å²) in [6.45, 7) is 12.8. The molecule has 1 saturated heterocycles. The number of rotatable bonds is 15. The SMILES string of the molecule is CCN[C@H]1C[C@H](C)S(=O)(=O)c2sc(S(=O)(=O)NC(=O)CCCC(=O)O[C@@H](CNC(C)(C)C)COc3nsnc3N3CCOCC3)cc21. The van der Waals surface area contributed by atoms with Crippen molar-refractivity contribution >= 4 is 60.6 Å². The molecule has 0 radical (unpaired) electrons. The molecule has 0 saturated carbocycles. The molecule has 0 unspecified atom stereocenters. The van der Waals surface area contributed by atoms with E-state index in [1.54, 1.807) is 6.92 Å². The molecule has 1 fully saturated rings. The largest absolute Gasteiger partial charge is 0.470 e. The lowest BCUT2D eigenvalue weighted by Crippen LogP contribution is -2.44. The van der Waals surface area contributed by atoms with Crippen molar-refractivity contribution in [3.63, 3.8) is 0 Å². The van der Waals surface area contributed by atoms with E-state index in [0.717, 1.165) is 11.7 Å². The molecule has 15 nitrogen and oxygen atoms in total. The highest BCUT2D eigenvalue weighted by molar-refractivity contribution is 7.95. The van der Waals surface area contributed by atoms with Crippen molar-refractivity contribution in [1.82, 2.24) is 24.1 Å². The van der Waals surface area contributed by atoms with Crippen LogP contribution in [0.4, 0.5) is 5.82 Å². The fraction of sp³-hybridized carbons (Fsp3) is 0.714. The van der Waals surface area contributed by atoms with Gasteiger partial charge in [0.1, 0.15) is 21.1 Å². The number of sulfonamides is 1. The lowest BCUT2D eigenvalue weighted by molar-refractivity contribution is -0.150. The maximum Gasteiger partial charge on any atom is 0.306 e. The third-order valence-corrected chi connectivity index (χ3v) is 13.7. The Morgan fingerprint density at radius 2 is 1.91 bits per heavy atom. The van der Waals surface area contributed by atoms with Crippen molar-refractivity contribution in [1.29, 1.82) is 0 Å². The van der Waals surface area contributed by atoms with Gasteiger partial charge in [-0.25, -0.2) is 21.6 Å². The molecule has 2 aromatic rings. The maximum absolute atomic E-state index is 13.0. The van der Waals surface area contributed by atoms with E-state index in [-0.39, 0.29) is 45.9 Å². The monoisotopic (exact) mass is 736 g/mol. The second kappa shape index (κ2) is 15.9. The molecule has 4 heterocycles. The van der Waals surface area contributed by atoms with E-state index in [1.807, 2.05) is 37.3 Å². The van der Waals surface area contributed by atoms with Gasteiger partial charge in [0, 0.05) is 49.6 Å². The summed E-state index contributed by atoms with van der Waals surface area (Å²) in [6, 6.07) is 1.01. The Labute approximate surface area is 284 Å². The minimum Gasteiger partial charge on any atom is -0.470 e. The highest BCUT2D eigenvalue weighted by Gasteiger charge is 2.39. The van der Waals surface area contributed by atoms with Crippen LogP contribution in [0.5, 0.6) is 5.88 Å². The van der Waals surface area contributed by atoms with E-state index >= 15 is 0 Å². The standard InChI is InChI=1S/C28H44N6O9S4/c1-6-29-21-14-18(2)46(37,38)27-20(21)15-24(44-27)47(39,40)33-22(35)8-7-9-23(36)43-19(16-30-28(3,4)5)17-42-26-25(31-45-32-26)34-10-12-41-13-11-34/h15,18-19,21,29-30H,6-14,16-17H2,1-5H3,(H,33,35)/t18-,19-,21-/m0/s1. The van der Waals surface area contributed by atoms with Crippen LogP contribution in [0.15, 0.2) is 14.5 Å². The number of carbonyl (C=O) groups excluding carboxylic acids is 2. The van der Waals surface area contributed by atoms with Gasteiger partial charge in [0.15, 0.2) is 9.84 Å². The molecule has 0 bridgehead atoms. The molecule has 19 heteroatoms. The normalized spacial score (nSPS) is 20.3. The molecule has 0 aromatic carbocycles. The van der Waals surface area contributed by atoms with Gasteiger partial charge in [-0.3, -0.25) is 9.59 Å². The number of esters is 1. The van der Waals surface area contributed by atoms with E-state index in [4.69, 9.17) is 14.2 Å². The zero-order valence-corrected chi connectivity index (χ0v) is 30.5. The Kier molecular flexibility index (Phi) is 12.6. The highest BCUT2D eigenvalue weighted by atomic mass is 32.3. The Hall–Kier alpha value is -2.42. The second-order valence-electron chi connectivity index (χ2n) is 12.4. The molecule has 0 aliphatic carbocycles. The van der Waals surface area contributed by atoms with Crippen LogP contribution in [-0.4, -0.2) is 100 Å². The third-order valence-electron chi connectivity index (χ3n) is 7.50. The molecule has 2 aliphatic heterocycles. The summed E-state index contributed by atoms with van der Waals surface area (Å²) in [4.78, 5) is 27.4. The van der Waals surface area contributed by atoms with E-state index in [2.05, 4.69) is 19.4 Å². The number of nitrogens with zero attached hydrogens (tertiary/aromatic N) is 3. The molecule has 1 amide bonds. The molecule has 47 heavy (non-hydrogen) atoms. The number of ether oxygens (including phenoxy) is 3. The van der Waals surface area contributed by atoms with Crippen LogP contribution in [0, 0.1) is 0 Å². The molecule has 4 rings (SSSR count). The van der Waals surface area contributed by atoms with Crippen molar-refractivity contribution in [3.05, 3.63) is 11.6 Å². The van der Waals surface area contributed by atoms with Crippen LogP contribution in [0.1, 0.15) is 71.9 Å². The average molecular weight is 737 g/mol. The van der Waals surface area contributed by atoms with Gasteiger partial charge in [0.25, 0.3) is 15.9 Å². The van der Waals surface area contributed by atoms with Gasteiger partial charge in [-0.05, 0) is 53.1 Å². The van der Waals surface area contributed by atoms with Crippen molar-refractivity contribution in [3.8, 4) is 5.88 Å². The first kappa shape index (κ1) is 37.4. The predicted molar refractivity (Wildman–Crippen MR) is 177 cm³/mol. The van der Waals surface area contributed by atoms with Gasteiger partial charge in [-0.15, -0.1) is 15.7 Å². The second-order valence-corrected chi connectivity index (χ2v) is 18.5. The first-order valence-electron chi connectivity index (χ1n) is 15.5. The molecule has 3 atom stereocenters. The van der Waals surface area contributed by atoms with Gasteiger partial charge >= 0.3 is 5.97 Å². The molecule has 3 N–H and O–H groups in total. The van der Waals surface area contributed by atoms with Crippen LogP contribution < -0.4 is 25.0 Å². The molecule has 264 valence electrons. The number of fused-ring (bicyclic) bond motifs is 1. The summed E-state index contributed by atoms with van der Waals surface area (Å²) in [6.07, 6.45) is -0.718. The minimum atomic E-state index is -4.33. The maximum atomic E-state index is 13.0. The predicted octanol–water partition coefficient (Wildman–Crippen LogP) is 2.01. The zero-order valence-electron chi connectivity index (χ0n) is 27.2. The Morgan fingerprint density at radius 3 is 2.60 bits per heavy atom. The van der Waals surface area contributed by atoms with Gasteiger partial charge in [-0.1, -0.05) is 6.92 Å². The zero-order chi connectivity index (χ0) is 34.4. The Balaban J connectivity index is 1.31. The van der Waals surface area contributed by atoms with Crippen LogP contribution >= 0.6 is 23.1 Å². The molecule has 2 aromatic heterocycles. The number of amides is 1. The quantitative estimate of drug-likeness (QED) is 0.225. The lowest BCUT2D eigenvalue weighted by Gasteiger charge is -2.27. The van der Waals surface area contributed by atoms with Gasteiger partial charge in [0.2, 0.25) is 11.7 Å². The number of hydrogen-bond acceptors (Lipinski definition) is 16. The molecular weight excluding hydrogens is 693 g/mol. The third kappa shape index (κ3) is 10.1. The van der Waals surface area contributed by atoms with E-state index in [0.29, 0.717) is 74.4 Å². The van der Waals surface area contributed by atoms with E-state index in [1.165, 1.54) is 6.07 Å². The summed E-state index contributed by atoms with van der Waals surface area (Å²) in [5.74, 6) is -0.425. The summed E-state index contributed by atoms with van der Waals surface area (Å²) in [7, 11) is -8.01. The average Bonchev–Trinajstić information content (AvgIpc) is 3.66. The number of morpholine rings is 1. The summed E-state index contributed by atoms with van der Waals surface area (Å²) in [5.41, 5.74) is 0.140. The molecule has 0 spiro atoms. The number of aromatic nitrogens is 2. The number of thiophene rings is 1.